The van der Waals surface area contributed by atoms with Crippen LogP contribution in [0.4, 0.5) is 11.4 Å². The van der Waals surface area contributed by atoms with Crippen molar-refractivity contribution in [1.82, 2.24) is 0 Å². The number of non-ortho nitro benzene ring substituents is 1. The maximum absolute atomic E-state index is 10.9. The molecule has 21 heavy (non-hydrogen) atoms. The zero-order valence-corrected chi connectivity index (χ0v) is 12.5. The molecule has 0 spiro atoms. The van der Waals surface area contributed by atoms with E-state index in [1.54, 1.807) is 6.07 Å². The zero-order valence-electron chi connectivity index (χ0n) is 12.5. The predicted octanol–water partition coefficient (Wildman–Crippen LogP) is 2.19. The molecule has 7 nitrogen and oxygen atoms in total. The number of ether oxygens (including phenoxy) is 2. The molecular formula is C14H22N2O5. The number of nitro groups is 1. The molecule has 2 N–H and O–H groups in total. The molecule has 0 saturated carbocycles. The highest BCUT2D eigenvalue weighted by molar-refractivity contribution is 5.56. The standard InChI is InChI=1S/C14H22N2O5/c1-10(2)21-14-7-11(6-12(8-14)16(18)19)15-5-4-13(17)9-20-3/h6-8,10,13,15,17H,4-5,9H2,1-3H3. The van der Waals surface area contributed by atoms with Crippen LogP contribution in [0.25, 0.3) is 0 Å². The first-order chi connectivity index (χ1) is 9.92. The van der Waals surface area contributed by atoms with Crippen LogP contribution in [0.1, 0.15) is 20.3 Å². The number of hydrogen-bond acceptors (Lipinski definition) is 6. The van der Waals surface area contributed by atoms with Crippen LogP contribution in [0.5, 0.6) is 5.75 Å². The fourth-order valence-electron chi connectivity index (χ4n) is 1.79. The summed E-state index contributed by atoms with van der Waals surface area (Å²) in [5.41, 5.74) is 0.553. The number of anilines is 1. The minimum atomic E-state index is -0.562. The van der Waals surface area contributed by atoms with Crippen LogP contribution in [-0.4, -0.2) is 42.5 Å². The van der Waals surface area contributed by atoms with E-state index < -0.39 is 11.0 Å². The van der Waals surface area contributed by atoms with Crippen LogP contribution in [0.3, 0.4) is 0 Å². The summed E-state index contributed by atoms with van der Waals surface area (Å²) in [6.07, 6.45) is -0.146. The second-order valence-electron chi connectivity index (χ2n) is 4.96. The van der Waals surface area contributed by atoms with E-state index >= 15 is 0 Å². The van der Waals surface area contributed by atoms with Crippen molar-refractivity contribution in [2.24, 2.45) is 0 Å². The van der Waals surface area contributed by atoms with Crippen molar-refractivity contribution in [2.45, 2.75) is 32.5 Å². The van der Waals surface area contributed by atoms with Gasteiger partial charge in [-0.15, -0.1) is 0 Å². The second-order valence-corrected chi connectivity index (χ2v) is 4.96. The Morgan fingerprint density at radius 1 is 1.38 bits per heavy atom. The summed E-state index contributed by atoms with van der Waals surface area (Å²) < 4.78 is 10.3. The molecule has 1 aromatic rings. The van der Waals surface area contributed by atoms with Crippen molar-refractivity contribution < 1.29 is 19.5 Å². The maximum atomic E-state index is 10.9. The summed E-state index contributed by atoms with van der Waals surface area (Å²) in [5, 5.41) is 23.5. The van der Waals surface area contributed by atoms with Crippen molar-refractivity contribution in [2.75, 3.05) is 25.6 Å². The highest BCUT2D eigenvalue weighted by atomic mass is 16.6. The molecule has 7 heteroatoms. The van der Waals surface area contributed by atoms with Crippen molar-refractivity contribution in [3.05, 3.63) is 28.3 Å². The van der Waals surface area contributed by atoms with Crippen LogP contribution < -0.4 is 10.1 Å². The van der Waals surface area contributed by atoms with E-state index in [0.717, 1.165) is 0 Å². The number of aliphatic hydroxyl groups is 1. The third-order valence-electron chi connectivity index (χ3n) is 2.64. The number of nitrogens with zero attached hydrogens (tertiary/aromatic N) is 1. The zero-order chi connectivity index (χ0) is 15.8. The molecule has 0 saturated heterocycles. The minimum absolute atomic E-state index is 0.0342. The Bertz CT molecular complexity index is 465. The lowest BCUT2D eigenvalue weighted by molar-refractivity contribution is -0.384. The van der Waals surface area contributed by atoms with Crippen LogP contribution >= 0.6 is 0 Å². The van der Waals surface area contributed by atoms with Crippen molar-refractivity contribution in [3.63, 3.8) is 0 Å². The molecule has 1 rings (SSSR count). The molecule has 0 bridgehead atoms. The van der Waals surface area contributed by atoms with Gasteiger partial charge in [0.2, 0.25) is 0 Å². The van der Waals surface area contributed by atoms with Gasteiger partial charge in [0.25, 0.3) is 5.69 Å². The average molecular weight is 298 g/mol. The quantitative estimate of drug-likeness (QED) is 0.536. The Hall–Kier alpha value is -1.86. The number of rotatable bonds is 9. The summed E-state index contributed by atoms with van der Waals surface area (Å²) in [6.45, 7) is 4.45. The largest absolute Gasteiger partial charge is 0.491 e. The van der Waals surface area contributed by atoms with Crippen molar-refractivity contribution >= 4 is 11.4 Å². The second kappa shape index (κ2) is 8.43. The van der Waals surface area contributed by atoms with Gasteiger partial charge in [-0.3, -0.25) is 10.1 Å². The molecule has 1 atom stereocenters. The van der Waals surface area contributed by atoms with Gasteiger partial charge in [0.05, 0.1) is 29.8 Å². The maximum Gasteiger partial charge on any atom is 0.275 e. The fourth-order valence-corrected chi connectivity index (χ4v) is 1.79. The first-order valence-corrected chi connectivity index (χ1v) is 6.79. The highest BCUT2D eigenvalue weighted by Crippen LogP contribution is 2.26. The molecule has 1 aromatic carbocycles. The molecule has 0 amide bonds. The topological polar surface area (TPSA) is 93.9 Å². The summed E-state index contributed by atoms with van der Waals surface area (Å²) in [5.74, 6) is 0.444. The Morgan fingerprint density at radius 2 is 2.10 bits per heavy atom. The first-order valence-electron chi connectivity index (χ1n) is 6.79. The molecule has 1 unspecified atom stereocenters. The highest BCUT2D eigenvalue weighted by Gasteiger charge is 2.12. The van der Waals surface area contributed by atoms with Crippen LogP contribution in [0.15, 0.2) is 18.2 Å². The molecule has 0 aliphatic heterocycles. The number of benzene rings is 1. The van der Waals surface area contributed by atoms with Crippen molar-refractivity contribution in [1.29, 1.82) is 0 Å². The molecule has 0 heterocycles. The van der Waals surface area contributed by atoms with E-state index in [1.807, 2.05) is 13.8 Å². The van der Waals surface area contributed by atoms with Crippen molar-refractivity contribution in [3.8, 4) is 5.75 Å². The molecule has 0 aromatic heterocycles. The summed E-state index contributed by atoms with van der Waals surface area (Å²) in [4.78, 5) is 10.5. The van der Waals surface area contributed by atoms with E-state index in [9.17, 15) is 15.2 Å². The fraction of sp³-hybridized carbons (Fsp3) is 0.571. The summed E-state index contributed by atoms with van der Waals surface area (Å²) in [7, 11) is 1.52. The number of aliphatic hydroxyl groups excluding tert-OH is 1. The third-order valence-corrected chi connectivity index (χ3v) is 2.64. The van der Waals surface area contributed by atoms with E-state index in [1.165, 1.54) is 19.2 Å². The van der Waals surface area contributed by atoms with Gasteiger partial charge in [-0.25, -0.2) is 0 Å². The molecule has 0 aliphatic rings. The van der Waals surface area contributed by atoms with Gasteiger partial charge in [-0.1, -0.05) is 0 Å². The van der Waals surface area contributed by atoms with E-state index in [4.69, 9.17) is 9.47 Å². The lowest BCUT2D eigenvalue weighted by Gasteiger charge is -2.13. The van der Waals surface area contributed by atoms with Gasteiger partial charge in [-0.05, 0) is 20.3 Å². The van der Waals surface area contributed by atoms with E-state index in [0.29, 0.717) is 24.4 Å². The average Bonchev–Trinajstić information content (AvgIpc) is 2.37. The molecule has 0 radical (unpaired) electrons. The smallest absolute Gasteiger partial charge is 0.275 e. The Balaban J connectivity index is 2.71. The van der Waals surface area contributed by atoms with Gasteiger partial charge in [0, 0.05) is 31.5 Å². The number of nitrogens with one attached hydrogen (secondary N) is 1. The van der Waals surface area contributed by atoms with Gasteiger partial charge >= 0.3 is 0 Å². The lowest BCUT2D eigenvalue weighted by Crippen LogP contribution is -2.18. The Labute approximate surface area is 124 Å². The van der Waals surface area contributed by atoms with Crippen LogP contribution in [0, 0.1) is 10.1 Å². The summed E-state index contributed by atoms with van der Waals surface area (Å²) in [6, 6.07) is 4.54. The minimum Gasteiger partial charge on any atom is -0.491 e. The summed E-state index contributed by atoms with van der Waals surface area (Å²) >= 11 is 0. The van der Waals surface area contributed by atoms with Gasteiger partial charge in [-0.2, -0.15) is 0 Å². The van der Waals surface area contributed by atoms with Gasteiger partial charge < -0.3 is 19.9 Å². The first kappa shape index (κ1) is 17.2. The Morgan fingerprint density at radius 3 is 2.67 bits per heavy atom. The number of nitro benzene ring substituents is 1. The van der Waals surface area contributed by atoms with E-state index in [2.05, 4.69) is 5.32 Å². The van der Waals surface area contributed by atoms with Gasteiger partial charge in [0.15, 0.2) is 0 Å². The Kier molecular flexibility index (Phi) is 6.90. The van der Waals surface area contributed by atoms with Crippen LogP contribution in [0.2, 0.25) is 0 Å². The SMILES string of the molecule is COCC(O)CCNc1cc(OC(C)C)cc([N+](=O)[O-])c1. The monoisotopic (exact) mass is 298 g/mol. The predicted molar refractivity (Wildman–Crippen MR) is 79.8 cm³/mol. The molecule has 118 valence electrons. The molecule has 0 fully saturated rings. The van der Waals surface area contributed by atoms with Gasteiger partial charge in [0.1, 0.15) is 5.75 Å². The normalized spacial score (nSPS) is 12.2. The van der Waals surface area contributed by atoms with Crippen LogP contribution in [-0.2, 0) is 4.74 Å². The molecule has 0 aliphatic carbocycles. The number of methoxy groups -OCH3 is 1. The lowest BCUT2D eigenvalue weighted by atomic mass is 10.2. The number of hydrogen-bond donors (Lipinski definition) is 2. The van der Waals surface area contributed by atoms with E-state index in [-0.39, 0.29) is 18.4 Å². The third kappa shape index (κ3) is 6.42. The molecular weight excluding hydrogens is 276 g/mol.